The Morgan fingerprint density at radius 1 is 0.281 bits per heavy atom. The summed E-state index contributed by atoms with van der Waals surface area (Å²) < 4.78 is 7.53. The van der Waals surface area contributed by atoms with Gasteiger partial charge in [-0.2, -0.15) is 0 Å². The summed E-state index contributed by atoms with van der Waals surface area (Å²) in [5.74, 6) is 0. The Morgan fingerprint density at radius 3 is 1.40 bits per heavy atom. The van der Waals surface area contributed by atoms with Crippen LogP contribution in [0.4, 0.5) is 0 Å². The van der Waals surface area contributed by atoms with Crippen LogP contribution in [0.15, 0.2) is 206 Å². The lowest BCUT2D eigenvalue weighted by molar-refractivity contribution is 1.17. The lowest BCUT2D eigenvalue weighted by atomic mass is 9.87. The molecule has 0 aliphatic rings. The predicted molar refractivity (Wildman–Crippen MR) is 244 cm³/mol. The first-order valence-electron chi connectivity index (χ1n) is 19.5. The molecule has 12 aromatic rings. The van der Waals surface area contributed by atoms with Gasteiger partial charge in [0.05, 0.1) is 22.1 Å². The van der Waals surface area contributed by atoms with Crippen LogP contribution < -0.4 is 0 Å². The molecule has 0 saturated heterocycles. The molecule has 0 atom stereocenters. The standard InChI is InChI=1S/C54H34N2S/c1-3-14-35(15-4-1)40-21-13-22-41(36-16-5-2-6-17-36)54(40)37-26-29-50-45(32-37)42-18-7-10-23-48(42)55(50)38-27-30-51-46(33-38)43-19-8-11-24-49(43)56(51)39-28-31-53-47(34-39)44-20-9-12-25-52(44)57-53/h1-34H. The quantitative estimate of drug-likeness (QED) is 0.166. The van der Waals surface area contributed by atoms with Gasteiger partial charge >= 0.3 is 0 Å². The number of para-hydroxylation sites is 2. The summed E-state index contributed by atoms with van der Waals surface area (Å²) in [7, 11) is 0. The zero-order valence-corrected chi connectivity index (χ0v) is 31.7. The molecule has 0 fully saturated rings. The van der Waals surface area contributed by atoms with Crippen LogP contribution >= 0.6 is 11.3 Å². The van der Waals surface area contributed by atoms with Crippen molar-refractivity contribution < 1.29 is 0 Å². The number of hydrogen-bond donors (Lipinski definition) is 0. The molecular formula is C54H34N2S. The molecule has 12 rings (SSSR count). The van der Waals surface area contributed by atoms with Gasteiger partial charge in [0.25, 0.3) is 0 Å². The Labute approximate surface area is 333 Å². The van der Waals surface area contributed by atoms with Crippen molar-refractivity contribution in [1.29, 1.82) is 0 Å². The molecule has 2 nitrogen and oxygen atoms in total. The second-order valence-corrected chi connectivity index (χ2v) is 16.0. The van der Waals surface area contributed by atoms with E-state index in [2.05, 4.69) is 215 Å². The maximum atomic E-state index is 2.45. The van der Waals surface area contributed by atoms with Crippen LogP contribution in [0, 0.1) is 0 Å². The minimum atomic E-state index is 1.15. The number of aromatic nitrogens is 2. The second kappa shape index (κ2) is 12.7. The van der Waals surface area contributed by atoms with Gasteiger partial charge in [-0.25, -0.2) is 0 Å². The van der Waals surface area contributed by atoms with Crippen molar-refractivity contribution in [3.63, 3.8) is 0 Å². The van der Waals surface area contributed by atoms with Crippen LogP contribution in [-0.2, 0) is 0 Å². The van der Waals surface area contributed by atoms with Crippen molar-refractivity contribution in [2.75, 3.05) is 0 Å². The maximum absolute atomic E-state index is 2.45. The molecule has 0 bridgehead atoms. The average molecular weight is 743 g/mol. The highest BCUT2D eigenvalue weighted by molar-refractivity contribution is 7.25. The van der Waals surface area contributed by atoms with Gasteiger partial charge in [0.1, 0.15) is 0 Å². The molecule has 0 N–H and O–H groups in total. The molecule has 0 unspecified atom stereocenters. The van der Waals surface area contributed by atoms with Gasteiger partial charge in [0.2, 0.25) is 0 Å². The molecule has 0 saturated carbocycles. The van der Waals surface area contributed by atoms with E-state index in [1.54, 1.807) is 0 Å². The molecule has 3 heteroatoms. The van der Waals surface area contributed by atoms with Gasteiger partial charge in [-0.15, -0.1) is 11.3 Å². The number of hydrogen-bond acceptors (Lipinski definition) is 1. The van der Waals surface area contributed by atoms with E-state index < -0.39 is 0 Å². The first-order valence-corrected chi connectivity index (χ1v) is 20.3. The smallest absolute Gasteiger partial charge is 0.0542 e. The monoisotopic (exact) mass is 742 g/mol. The van der Waals surface area contributed by atoms with Crippen LogP contribution in [0.1, 0.15) is 0 Å². The van der Waals surface area contributed by atoms with Gasteiger partial charge < -0.3 is 9.13 Å². The van der Waals surface area contributed by atoms with Gasteiger partial charge in [-0.05, 0) is 100 Å². The highest BCUT2D eigenvalue weighted by atomic mass is 32.1. The second-order valence-electron chi connectivity index (χ2n) is 14.9. The van der Waals surface area contributed by atoms with Gasteiger partial charge in [0.15, 0.2) is 0 Å². The molecule has 0 aliphatic heterocycles. The van der Waals surface area contributed by atoms with Gasteiger partial charge in [0, 0.05) is 53.1 Å². The van der Waals surface area contributed by atoms with Crippen molar-refractivity contribution in [2.45, 2.75) is 0 Å². The molecule has 9 aromatic carbocycles. The third-order valence-electron chi connectivity index (χ3n) is 11.7. The fourth-order valence-electron chi connectivity index (χ4n) is 9.22. The van der Waals surface area contributed by atoms with Crippen LogP contribution in [0.5, 0.6) is 0 Å². The van der Waals surface area contributed by atoms with Crippen LogP contribution in [0.3, 0.4) is 0 Å². The topological polar surface area (TPSA) is 9.86 Å². The summed E-state index contributed by atoms with van der Waals surface area (Å²) in [6.45, 7) is 0. The average Bonchev–Trinajstić information content (AvgIpc) is 3.93. The molecule has 3 heterocycles. The first-order chi connectivity index (χ1) is 28.3. The maximum Gasteiger partial charge on any atom is 0.0542 e. The number of benzene rings is 9. The molecular weight excluding hydrogens is 709 g/mol. The number of fused-ring (bicyclic) bond motifs is 9. The molecule has 0 amide bonds. The van der Waals surface area contributed by atoms with Gasteiger partial charge in [-0.1, -0.05) is 140 Å². The van der Waals surface area contributed by atoms with Crippen LogP contribution in [0.25, 0.3) is 109 Å². The number of rotatable bonds is 5. The van der Waals surface area contributed by atoms with E-state index in [1.165, 1.54) is 103 Å². The Kier molecular flexibility index (Phi) is 7.13. The summed E-state index contributed by atoms with van der Waals surface area (Å²) >= 11 is 1.86. The highest BCUT2D eigenvalue weighted by Gasteiger charge is 2.20. The van der Waals surface area contributed by atoms with Crippen molar-refractivity contribution in [3.05, 3.63) is 206 Å². The molecule has 57 heavy (non-hydrogen) atoms. The highest BCUT2D eigenvalue weighted by Crippen LogP contribution is 2.44. The third kappa shape index (κ3) is 4.96. The Morgan fingerprint density at radius 2 is 0.754 bits per heavy atom. The minimum Gasteiger partial charge on any atom is -0.309 e. The van der Waals surface area contributed by atoms with Crippen molar-refractivity contribution in [2.24, 2.45) is 0 Å². The van der Waals surface area contributed by atoms with Crippen LogP contribution in [0.2, 0.25) is 0 Å². The van der Waals surface area contributed by atoms with Crippen molar-refractivity contribution in [3.8, 4) is 44.8 Å². The summed E-state index contributed by atoms with van der Waals surface area (Å²) in [5.41, 5.74) is 14.5. The van der Waals surface area contributed by atoms with E-state index in [0.29, 0.717) is 0 Å². The Bertz CT molecular complexity index is 3450. The lowest BCUT2D eigenvalue weighted by Crippen LogP contribution is -1.96. The Balaban J connectivity index is 1.07. The van der Waals surface area contributed by atoms with E-state index in [0.717, 1.165) is 5.69 Å². The van der Waals surface area contributed by atoms with Crippen molar-refractivity contribution >= 4 is 75.1 Å². The molecule has 3 aromatic heterocycles. The number of thiophene rings is 1. The normalized spacial score (nSPS) is 11.9. The fraction of sp³-hybridized carbons (Fsp3) is 0. The van der Waals surface area contributed by atoms with E-state index >= 15 is 0 Å². The summed E-state index contributed by atoms with van der Waals surface area (Å²) in [5, 5.41) is 7.60. The van der Waals surface area contributed by atoms with E-state index in [-0.39, 0.29) is 0 Å². The zero-order valence-electron chi connectivity index (χ0n) is 30.9. The molecule has 0 radical (unpaired) electrons. The van der Waals surface area contributed by atoms with Crippen molar-refractivity contribution in [1.82, 2.24) is 9.13 Å². The molecule has 266 valence electrons. The molecule has 0 spiro atoms. The van der Waals surface area contributed by atoms with E-state index in [9.17, 15) is 0 Å². The summed E-state index contributed by atoms with van der Waals surface area (Å²) in [4.78, 5) is 0. The van der Waals surface area contributed by atoms with Gasteiger partial charge in [-0.3, -0.25) is 0 Å². The Hall–Kier alpha value is -7.20. The third-order valence-corrected chi connectivity index (χ3v) is 12.9. The first kappa shape index (κ1) is 32.1. The number of nitrogens with zero attached hydrogens (tertiary/aromatic N) is 2. The molecule has 0 aliphatic carbocycles. The van der Waals surface area contributed by atoms with E-state index in [1.807, 2.05) is 11.3 Å². The zero-order chi connectivity index (χ0) is 37.5. The minimum absolute atomic E-state index is 1.15. The van der Waals surface area contributed by atoms with Crippen LogP contribution in [-0.4, -0.2) is 9.13 Å². The lowest BCUT2D eigenvalue weighted by Gasteiger charge is -2.17. The SMILES string of the molecule is c1ccc(-c2cccc(-c3ccccc3)c2-c2ccc3c(c2)c2ccccc2n3-c2ccc3c(c2)c2ccccc2n3-c2ccc3sc4ccccc4c3c2)cc1. The summed E-state index contributed by atoms with van der Waals surface area (Å²) in [6.07, 6.45) is 0. The predicted octanol–water partition coefficient (Wildman–Crippen LogP) is 15.2. The fourth-order valence-corrected chi connectivity index (χ4v) is 10.3. The summed E-state index contributed by atoms with van der Waals surface area (Å²) in [6, 6.07) is 75.7. The largest absolute Gasteiger partial charge is 0.309 e. The van der Waals surface area contributed by atoms with E-state index in [4.69, 9.17) is 0 Å².